The van der Waals surface area contributed by atoms with E-state index in [1.54, 1.807) is 0 Å². The van der Waals surface area contributed by atoms with E-state index in [-0.39, 0.29) is 5.43 Å². The van der Waals surface area contributed by atoms with Gasteiger partial charge in [0.15, 0.2) is 5.43 Å². The molecule has 0 N–H and O–H groups in total. The van der Waals surface area contributed by atoms with Crippen molar-refractivity contribution in [1.82, 2.24) is 4.57 Å². The quantitative estimate of drug-likeness (QED) is 0.477. The molecule has 27 heavy (non-hydrogen) atoms. The van der Waals surface area contributed by atoms with Crippen molar-refractivity contribution in [3.8, 4) is 11.1 Å². The van der Waals surface area contributed by atoms with Crippen molar-refractivity contribution in [1.29, 1.82) is 0 Å². The molecule has 2 heteroatoms. The molecule has 0 aliphatic carbocycles. The summed E-state index contributed by atoms with van der Waals surface area (Å²) in [5, 5.41) is 0.863. The van der Waals surface area contributed by atoms with Gasteiger partial charge in [-0.25, -0.2) is 0 Å². The zero-order valence-corrected chi connectivity index (χ0v) is 17.3. The summed E-state index contributed by atoms with van der Waals surface area (Å²) in [6.45, 7) is 10.7. The fourth-order valence-corrected chi connectivity index (χ4v) is 4.26. The van der Waals surface area contributed by atoms with E-state index in [9.17, 15) is 4.79 Å². The molecule has 3 aromatic rings. The molecule has 0 atom stereocenters. The molecule has 0 radical (unpaired) electrons. The van der Waals surface area contributed by atoms with Gasteiger partial charge in [-0.15, -0.1) is 0 Å². The van der Waals surface area contributed by atoms with Crippen LogP contribution in [-0.2, 0) is 0 Å². The minimum atomic E-state index is 0.156. The van der Waals surface area contributed by atoms with Crippen LogP contribution >= 0.6 is 0 Å². The lowest BCUT2D eigenvalue weighted by molar-refractivity contribution is 0.435. The van der Waals surface area contributed by atoms with Crippen molar-refractivity contribution in [2.24, 2.45) is 0 Å². The summed E-state index contributed by atoms with van der Waals surface area (Å²) in [4.78, 5) is 13.2. The van der Waals surface area contributed by atoms with Crippen LogP contribution in [0, 0.1) is 20.8 Å². The Kier molecular flexibility index (Phi) is 5.84. The average Bonchev–Trinajstić information content (AvgIpc) is 2.64. The standard InChI is InChI=1S/C25H31NO/c1-6-9-20(10-7-2)26-16-19(5)25(27)24-22(11-8-12-23(24)26)21-14-13-17(3)15-18(21)4/h8,11-16,20H,6-7,9-10H2,1-5H3. The second-order valence-electron chi connectivity index (χ2n) is 7.80. The van der Waals surface area contributed by atoms with E-state index < -0.39 is 0 Å². The van der Waals surface area contributed by atoms with Crippen LogP contribution in [0.5, 0.6) is 0 Å². The number of rotatable bonds is 6. The maximum absolute atomic E-state index is 13.2. The number of hydrogen-bond acceptors (Lipinski definition) is 1. The third-order valence-corrected chi connectivity index (χ3v) is 5.55. The number of fused-ring (bicyclic) bond motifs is 1. The maximum atomic E-state index is 13.2. The third kappa shape index (κ3) is 3.71. The average molecular weight is 362 g/mol. The van der Waals surface area contributed by atoms with E-state index >= 15 is 0 Å². The van der Waals surface area contributed by atoms with Crippen LogP contribution in [0.3, 0.4) is 0 Å². The molecular formula is C25H31NO. The highest BCUT2D eigenvalue weighted by Crippen LogP contribution is 2.32. The molecule has 0 aliphatic rings. The third-order valence-electron chi connectivity index (χ3n) is 5.55. The summed E-state index contributed by atoms with van der Waals surface area (Å²) in [6.07, 6.45) is 6.65. The van der Waals surface area contributed by atoms with Gasteiger partial charge in [0.05, 0.1) is 10.9 Å². The monoisotopic (exact) mass is 361 g/mol. The summed E-state index contributed by atoms with van der Waals surface area (Å²) >= 11 is 0. The molecule has 0 amide bonds. The van der Waals surface area contributed by atoms with Crippen molar-refractivity contribution >= 4 is 10.9 Å². The first-order chi connectivity index (χ1) is 13.0. The highest BCUT2D eigenvalue weighted by molar-refractivity contribution is 5.96. The summed E-state index contributed by atoms with van der Waals surface area (Å²) in [7, 11) is 0. The lowest BCUT2D eigenvalue weighted by Gasteiger charge is -2.24. The van der Waals surface area contributed by atoms with Gasteiger partial charge in [-0.2, -0.15) is 0 Å². The zero-order valence-electron chi connectivity index (χ0n) is 17.3. The van der Waals surface area contributed by atoms with Gasteiger partial charge in [0.2, 0.25) is 0 Å². The minimum Gasteiger partial charge on any atom is -0.344 e. The molecule has 1 heterocycles. The molecule has 0 saturated carbocycles. The largest absolute Gasteiger partial charge is 0.344 e. The number of nitrogens with zero attached hydrogens (tertiary/aromatic N) is 1. The molecule has 0 bridgehead atoms. The van der Waals surface area contributed by atoms with Crippen LogP contribution in [0.4, 0.5) is 0 Å². The fourth-order valence-electron chi connectivity index (χ4n) is 4.26. The van der Waals surface area contributed by atoms with E-state index in [1.807, 2.05) is 6.92 Å². The fraction of sp³-hybridized carbons (Fsp3) is 0.400. The Bertz CT molecular complexity index is 1010. The molecule has 2 nitrogen and oxygen atoms in total. The first-order valence-corrected chi connectivity index (χ1v) is 10.2. The van der Waals surface area contributed by atoms with E-state index in [0.717, 1.165) is 53.3 Å². The normalized spacial score (nSPS) is 11.5. The first kappa shape index (κ1) is 19.4. The second-order valence-corrected chi connectivity index (χ2v) is 7.80. The number of benzene rings is 2. The Morgan fingerprint density at radius 1 is 0.889 bits per heavy atom. The molecule has 2 aromatic carbocycles. The van der Waals surface area contributed by atoms with Crippen LogP contribution in [0.2, 0.25) is 0 Å². The van der Waals surface area contributed by atoms with Crippen LogP contribution in [0.25, 0.3) is 22.0 Å². The van der Waals surface area contributed by atoms with Crippen LogP contribution in [0.1, 0.15) is 62.3 Å². The van der Waals surface area contributed by atoms with Crippen molar-refractivity contribution < 1.29 is 0 Å². The molecule has 1 aromatic heterocycles. The summed E-state index contributed by atoms with van der Waals surface area (Å²) in [6, 6.07) is 13.2. The van der Waals surface area contributed by atoms with Crippen LogP contribution in [0.15, 0.2) is 47.4 Å². The molecule has 0 spiro atoms. The van der Waals surface area contributed by atoms with Crippen LogP contribution < -0.4 is 5.43 Å². The Labute approximate surface area is 162 Å². The smallest absolute Gasteiger partial charge is 0.192 e. The Balaban J connectivity index is 2.34. The number of aromatic nitrogens is 1. The molecule has 3 rings (SSSR count). The van der Waals surface area contributed by atoms with Crippen LogP contribution in [-0.4, -0.2) is 4.57 Å². The molecule has 0 fully saturated rings. The van der Waals surface area contributed by atoms with E-state index in [4.69, 9.17) is 0 Å². The first-order valence-electron chi connectivity index (χ1n) is 10.2. The number of hydrogen-bond donors (Lipinski definition) is 0. The lowest BCUT2D eigenvalue weighted by atomic mass is 9.94. The Morgan fingerprint density at radius 2 is 1.59 bits per heavy atom. The van der Waals surface area contributed by atoms with Crippen molar-refractivity contribution in [3.05, 3.63) is 69.5 Å². The minimum absolute atomic E-state index is 0.156. The van der Waals surface area contributed by atoms with Gasteiger partial charge in [0, 0.05) is 17.8 Å². The summed E-state index contributed by atoms with van der Waals surface area (Å²) in [5.74, 6) is 0. The van der Waals surface area contributed by atoms with Crippen molar-refractivity contribution in [3.63, 3.8) is 0 Å². The molecular weight excluding hydrogens is 330 g/mol. The SMILES string of the molecule is CCCC(CCC)n1cc(C)c(=O)c2c(-c3ccc(C)cc3C)cccc21. The van der Waals surface area contributed by atoms with Gasteiger partial charge in [0.25, 0.3) is 0 Å². The predicted molar refractivity (Wildman–Crippen MR) is 117 cm³/mol. The molecule has 0 unspecified atom stereocenters. The molecule has 0 saturated heterocycles. The highest BCUT2D eigenvalue weighted by Gasteiger charge is 2.17. The molecule has 142 valence electrons. The van der Waals surface area contributed by atoms with Gasteiger partial charge in [0.1, 0.15) is 0 Å². The maximum Gasteiger partial charge on any atom is 0.192 e. The van der Waals surface area contributed by atoms with E-state index in [2.05, 4.69) is 74.9 Å². The highest BCUT2D eigenvalue weighted by atomic mass is 16.1. The Hall–Kier alpha value is -2.35. The number of aryl methyl sites for hydroxylation is 3. The summed E-state index contributed by atoms with van der Waals surface area (Å²) in [5.41, 5.74) is 6.72. The zero-order chi connectivity index (χ0) is 19.6. The van der Waals surface area contributed by atoms with Gasteiger partial charge >= 0.3 is 0 Å². The predicted octanol–water partition coefficient (Wildman–Crippen LogP) is 6.74. The van der Waals surface area contributed by atoms with Gasteiger partial charge in [-0.1, -0.05) is 62.6 Å². The lowest BCUT2D eigenvalue weighted by Crippen LogP contribution is -2.17. The second kappa shape index (κ2) is 8.12. The number of pyridine rings is 1. The molecule has 0 aliphatic heterocycles. The van der Waals surface area contributed by atoms with Gasteiger partial charge in [-0.05, 0) is 56.4 Å². The van der Waals surface area contributed by atoms with Crippen molar-refractivity contribution in [2.75, 3.05) is 0 Å². The van der Waals surface area contributed by atoms with Crippen molar-refractivity contribution in [2.45, 2.75) is 66.3 Å². The van der Waals surface area contributed by atoms with Gasteiger partial charge < -0.3 is 4.57 Å². The summed E-state index contributed by atoms with van der Waals surface area (Å²) < 4.78 is 2.37. The Morgan fingerprint density at radius 3 is 2.22 bits per heavy atom. The van der Waals surface area contributed by atoms with Gasteiger partial charge in [-0.3, -0.25) is 4.79 Å². The van der Waals surface area contributed by atoms with E-state index in [1.165, 1.54) is 11.1 Å². The van der Waals surface area contributed by atoms with E-state index in [0.29, 0.717) is 6.04 Å². The topological polar surface area (TPSA) is 22.0 Å².